The number of carbonyl (C=O) groups is 1. The van der Waals surface area contributed by atoms with E-state index in [0.717, 1.165) is 22.0 Å². The van der Waals surface area contributed by atoms with E-state index >= 15 is 0 Å². The Morgan fingerprint density at radius 2 is 1.54 bits per heavy atom. The van der Waals surface area contributed by atoms with E-state index in [1.807, 2.05) is 74.5 Å². The fourth-order valence-corrected chi connectivity index (χ4v) is 3.29. The van der Waals surface area contributed by atoms with Crippen LogP contribution in [0.15, 0.2) is 70.7 Å². The molecule has 0 aliphatic rings. The first-order chi connectivity index (χ1) is 11.6. The van der Waals surface area contributed by atoms with E-state index in [0.29, 0.717) is 10.7 Å². The first-order valence-electron chi connectivity index (χ1n) is 7.57. The van der Waals surface area contributed by atoms with Crippen molar-refractivity contribution in [2.75, 3.05) is 5.32 Å². The van der Waals surface area contributed by atoms with Crippen LogP contribution >= 0.6 is 11.8 Å². The Kier molecular flexibility index (Phi) is 4.91. The SMILES string of the molecule is Cc1cc(C)nc(Sc2ccccc2C(=O)Nc2ccccc2)n1. The summed E-state index contributed by atoms with van der Waals surface area (Å²) >= 11 is 1.40. The molecule has 3 aromatic rings. The number of amides is 1. The number of anilines is 1. The number of benzene rings is 2. The van der Waals surface area contributed by atoms with Crippen LogP contribution in [0.3, 0.4) is 0 Å². The molecule has 1 aromatic heterocycles. The van der Waals surface area contributed by atoms with Crippen LogP contribution in [0.1, 0.15) is 21.7 Å². The average molecular weight is 335 g/mol. The van der Waals surface area contributed by atoms with Gasteiger partial charge < -0.3 is 5.32 Å². The lowest BCUT2D eigenvalue weighted by molar-refractivity contribution is 0.102. The number of nitrogens with zero attached hydrogens (tertiary/aromatic N) is 2. The van der Waals surface area contributed by atoms with Gasteiger partial charge in [0.2, 0.25) is 0 Å². The van der Waals surface area contributed by atoms with Gasteiger partial charge in [-0.1, -0.05) is 30.3 Å². The summed E-state index contributed by atoms with van der Waals surface area (Å²) in [6, 6.07) is 18.8. The smallest absolute Gasteiger partial charge is 0.256 e. The largest absolute Gasteiger partial charge is 0.322 e. The molecule has 0 fully saturated rings. The Bertz CT molecular complexity index is 845. The minimum Gasteiger partial charge on any atom is -0.322 e. The van der Waals surface area contributed by atoms with Crippen LogP contribution in [0.2, 0.25) is 0 Å². The van der Waals surface area contributed by atoms with Crippen LogP contribution in [0.25, 0.3) is 0 Å². The van der Waals surface area contributed by atoms with Crippen LogP contribution in [-0.2, 0) is 0 Å². The van der Waals surface area contributed by atoms with Crippen LogP contribution < -0.4 is 5.32 Å². The summed E-state index contributed by atoms with van der Waals surface area (Å²) in [4.78, 5) is 22.3. The van der Waals surface area contributed by atoms with Gasteiger partial charge >= 0.3 is 0 Å². The topological polar surface area (TPSA) is 54.9 Å². The van der Waals surface area contributed by atoms with Gasteiger partial charge in [-0.15, -0.1) is 0 Å². The molecule has 2 aromatic carbocycles. The Balaban J connectivity index is 1.86. The quantitative estimate of drug-likeness (QED) is 0.713. The van der Waals surface area contributed by atoms with Crippen molar-refractivity contribution >= 4 is 23.4 Å². The zero-order chi connectivity index (χ0) is 16.9. The number of carbonyl (C=O) groups excluding carboxylic acids is 1. The second kappa shape index (κ2) is 7.27. The number of hydrogen-bond acceptors (Lipinski definition) is 4. The van der Waals surface area contributed by atoms with Crippen molar-refractivity contribution in [1.82, 2.24) is 9.97 Å². The van der Waals surface area contributed by atoms with Crippen molar-refractivity contribution in [3.63, 3.8) is 0 Å². The molecule has 120 valence electrons. The third-order valence-corrected chi connectivity index (χ3v) is 4.27. The highest BCUT2D eigenvalue weighted by atomic mass is 32.2. The monoisotopic (exact) mass is 335 g/mol. The summed E-state index contributed by atoms with van der Waals surface area (Å²) in [5.41, 5.74) is 3.20. The second-order valence-corrected chi connectivity index (χ2v) is 6.36. The third kappa shape index (κ3) is 4.00. The lowest BCUT2D eigenvalue weighted by Crippen LogP contribution is -2.12. The summed E-state index contributed by atoms with van der Waals surface area (Å²) in [6.45, 7) is 3.87. The van der Waals surface area contributed by atoms with Gasteiger partial charge in [0, 0.05) is 22.0 Å². The Morgan fingerprint density at radius 1 is 0.917 bits per heavy atom. The zero-order valence-corrected chi connectivity index (χ0v) is 14.3. The predicted octanol–water partition coefficient (Wildman–Crippen LogP) is 4.50. The van der Waals surface area contributed by atoms with Gasteiger partial charge in [-0.2, -0.15) is 0 Å². The number of para-hydroxylation sites is 1. The molecule has 0 aliphatic carbocycles. The zero-order valence-electron chi connectivity index (χ0n) is 13.5. The fourth-order valence-electron chi connectivity index (χ4n) is 2.30. The van der Waals surface area contributed by atoms with Crippen LogP contribution in [-0.4, -0.2) is 15.9 Å². The van der Waals surface area contributed by atoms with E-state index < -0.39 is 0 Å². The van der Waals surface area contributed by atoms with Crippen LogP contribution in [0.5, 0.6) is 0 Å². The number of hydrogen-bond donors (Lipinski definition) is 1. The molecule has 1 amide bonds. The lowest BCUT2D eigenvalue weighted by atomic mass is 10.2. The highest BCUT2D eigenvalue weighted by molar-refractivity contribution is 7.99. The summed E-state index contributed by atoms with van der Waals surface area (Å²) in [5, 5.41) is 3.56. The lowest BCUT2D eigenvalue weighted by Gasteiger charge is -2.10. The number of rotatable bonds is 4. The molecule has 0 atom stereocenters. The van der Waals surface area contributed by atoms with E-state index in [2.05, 4.69) is 15.3 Å². The summed E-state index contributed by atoms with van der Waals surface area (Å²) in [5.74, 6) is -0.145. The third-order valence-electron chi connectivity index (χ3n) is 3.33. The molecule has 0 saturated heterocycles. The maximum atomic E-state index is 12.6. The summed E-state index contributed by atoms with van der Waals surface area (Å²) in [7, 11) is 0. The molecule has 0 bridgehead atoms. The maximum absolute atomic E-state index is 12.6. The standard InChI is InChI=1S/C19H17N3OS/c1-13-12-14(2)21-19(20-13)24-17-11-7-6-10-16(17)18(23)22-15-8-4-3-5-9-15/h3-12H,1-2H3,(H,22,23). The van der Waals surface area contributed by atoms with Gasteiger partial charge in [-0.3, -0.25) is 4.79 Å². The first-order valence-corrected chi connectivity index (χ1v) is 8.39. The first kappa shape index (κ1) is 16.2. The highest BCUT2D eigenvalue weighted by Gasteiger charge is 2.13. The molecule has 0 aliphatic heterocycles. The van der Waals surface area contributed by atoms with Crippen LogP contribution in [0, 0.1) is 13.8 Å². The van der Waals surface area contributed by atoms with E-state index in [-0.39, 0.29) is 5.91 Å². The van der Waals surface area contributed by atoms with E-state index in [1.165, 1.54) is 11.8 Å². The van der Waals surface area contributed by atoms with E-state index in [4.69, 9.17) is 0 Å². The molecule has 0 unspecified atom stereocenters. The predicted molar refractivity (Wildman–Crippen MR) is 96.5 cm³/mol. The number of aromatic nitrogens is 2. The molecule has 1 N–H and O–H groups in total. The number of aryl methyl sites for hydroxylation is 2. The van der Waals surface area contributed by atoms with Gasteiger partial charge in [-0.05, 0) is 55.9 Å². The molecule has 3 rings (SSSR count). The van der Waals surface area contributed by atoms with Crippen molar-refractivity contribution in [2.45, 2.75) is 23.9 Å². The Morgan fingerprint density at radius 3 is 2.25 bits per heavy atom. The summed E-state index contributed by atoms with van der Waals surface area (Å²) < 4.78 is 0. The van der Waals surface area contributed by atoms with E-state index in [9.17, 15) is 4.79 Å². The Hall–Kier alpha value is -2.66. The van der Waals surface area contributed by atoms with Gasteiger partial charge in [-0.25, -0.2) is 9.97 Å². The maximum Gasteiger partial charge on any atom is 0.256 e. The second-order valence-electron chi connectivity index (χ2n) is 5.35. The van der Waals surface area contributed by atoms with Gasteiger partial charge in [0.05, 0.1) is 5.56 Å². The van der Waals surface area contributed by atoms with Crippen molar-refractivity contribution in [1.29, 1.82) is 0 Å². The van der Waals surface area contributed by atoms with Crippen LogP contribution in [0.4, 0.5) is 5.69 Å². The van der Waals surface area contributed by atoms with E-state index in [1.54, 1.807) is 0 Å². The van der Waals surface area contributed by atoms with Crippen molar-refractivity contribution in [3.8, 4) is 0 Å². The van der Waals surface area contributed by atoms with Gasteiger partial charge in [0.15, 0.2) is 5.16 Å². The average Bonchev–Trinajstić information content (AvgIpc) is 2.55. The number of nitrogens with one attached hydrogen (secondary N) is 1. The fraction of sp³-hybridized carbons (Fsp3) is 0.105. The molecule has 0 radical (unpaired) electrons. The highest BCUT2D eigenvalue weighted by Crippen LogP contribution is 2.28. The van der Waals surface area contributed by atoms with Gasteiger partial charge in [0.1, 0.15) is 0 Å². The van der Waals surface area contributed by atoms with Crippen molar-refractivity contribution in [2.24, 2.45) is 0 Å². The normalized spacial score (nSPS) is 10.4. The minimum absolute atomic E-state index is 0.145. The van der Waals surface area contributed by atoms with Crippen molar-refractivity contribution in [3.05, 3.63) is 77.6 Å². The molecular weight excluding hydrogens is 318 g/mol. The molecule has 0 saturated carbocycles. The molecule has 0 spiro atoms. The Labute approximate surface area is 145 Å². The molecule has 1 heterocycles. The van der Waals surface area contributed by atoms with Gasteiger partial charge in [0.25, 0.3) is 5.91 Å². The molecular formula is C19H17N3OS. The summed E-state index contributed by atoms with van der Waals surface area (Å²) in [6.07, 6.45) is 0. The molecule has 5 heteroatoms. The minimum atomic E-state index is -0.145. The molecule has 4 nitrogen and oxygen atoms in total. The van der Waals surface area contributed by atoms with Crippen molar-refractivity contribution < 1.29 is 4.79 Å². The molecule has 24 heavy (non-hydrogen) atoms.